The van der Waals surface area contributed by atoms with Crippen LogP contribution in [-0.4, -0.2) is 60.0 Å². The van der Waals surface area contributed by atoms with Gasteiger partial charge < -0.3 is 25.6 Å². The molecule has 2 aromatic carbocycles. The van der Waals surface area contributed by atoms with E-state index in [1.807, 2.05) is 36.1 Å². The van der Waals surface area contributed by atoms with E-state index in [4.69, 9.17) is 10.5 Å². The fraction of sp³-hybridized carbons (Fsp3) is 0.567. The van der Waals surface area contributed by atoms with E-state index in [-0.39, 0.29) is 29.6 Å². The Kier molecular flexibility index (Phi) is 9.01. The van der Waals surface area contributed by atoms with Crippen LogP contribution in [0.1, 0.15) is 56.1 Å². The van der Waals surface area contributed by atoms with Crippen LogP contribution in [0.25, 0.3) is 11.1 Å². The SMILES string of the molecule is COCCCC[C@@](O)(c1cc(F)ccc1-c1cccc(C)c1)[C@@H]1CCCN(C(=O)[C@H]2C[C@@H](N)[C@@H](O)C2)C1. The lowest BCUT2D eigenvalue weighted by atomic mass is 9.72. The molecule has 0 aromatic heterocycles. The smallest absolute Gasteiger partial charge is 0.225 e. The zero-order valence-electron chi connectivity index (χ0n) is 22.0. The second-order valence-electron chi connectivity index (χ2n) is 11.0. The maximum absolute atomic E-state index is 14.7. The molecule has 2 aliphatic rings. The third-order valence-electron chi connectivity index (χ3n) is 8.27. The Hall–Kier alpha value is -2.32. The Morgan fingerprint density at radius 2 is 2.03 bits per heavy atom. The molecule has 1 aliphatic carbocycles. The molecule has 6 nitrogen and oxygen atoms in total. The summed E-state index contributed by atoms with van der Waals surface area (Å²) < 4.78 is 20.0. The summed E-state index contributed by atoms with van der Waals surface area (Å²) in [5.74, 6) is -0.940. The van der Waals surface area contributed by atoms with Gasteiger partial charge in [-0.3, -0.25) is 4.79 Å². The number of carbonyl (C=O) groups is 1. The molecule has 1 amide bonds. The first-order valence-corrected chi connectivity index (χ1v) is 13.5. The zero-order chi connectivity index (χ0) is 26.6. The number of nitrogens with two attached hydrogens (primary N) is 1. The molecule has 0 spiro atoms. The lowest BCUT2D eigenvalue weighted by Gasteiger charge is -2.44. The van der Waals surface area contributed by atoms with Crippen LogP contribution in [0.15, 0.2) is 42.5 Å². The molecule has 1 aliphatic heterocycles. The van der Waals surface area contributed by atoms with Crippen molar-refractivity contribution in [2.75, 3.05) is 26.8 Å². The van der Waals surface area contributed by atoms with Gasteiger partial charge in [0.05, 0.1) is 11.7 Å². The van der Waals surface area contributed by atoms with Gasteiger partial charge in [0.25, 0.3) is 0 Å². The Labute approximate surface area is 219 Å². The fourth-order valence-corrected chi connectivity index (χ4v) is 6.21. The van der Waals surface area contributed by atoms with E-state index in [9.17, 15) is 19.4 Å². The highest BCUT2D eigenvalue weighted by Gasteiger charge is 2.44. The monoisotopic (exact) mass is 512 g/mol. The van der Waals surface area contributed by atoms with Crippen molar-refractivity contribution in [2.24, 2.45) is 17.6 Å². The van der Waals surface area contributed by atoms with Crippen LogP contribution >= 0.6 is 0 Å². The van der Waals surface area contributed by atoms with Crippen LogP contribution in [0.4, 0.5) is 4.39 Å². The quantitative estimate of drug-likeness (QED) is 0.439. The summed E-state index contributed by atoms with van der Waals surface area (Å²) in [6, 6.07) is 12.3. The van der Waals surface area contributed by atoms with Crippen molar-refractivity contribution >= 4 is 5.91 Å². The molecule has 2 aromatic rings. The highest BCUT2D eigenvalue weighted by atomic mass is 19.1. The molecular weight excluding hydrogens is 471 g/mol. The summed E-state index contributed by atoms with van der Waals surface area (Å²) >= 11 is 0. The average molecular weight is 513 g/mol. The zero-order valence-corrected chi connectivity index (χ0v) is 22.0. The van der Waals surface area contributed by atoms with Crippen LogP contribution in [0.2, 0.25) is 0 Å². The number of hydrogen-bond donors (Lipinski definition) is 3. The van der Waals surface area contributed by atoms with Gasteiger partial charge in [0.1, 0.15) is 5.82 Å². The van der Waals surface area contributed by atoms with Gasteiger partial charge in [-0.05, 0) is 80.7 Å². The van der Waals surface area contributed by atoms with Crippen LogP contribution in [0.5, 0.6) is 0 Å². The second-order valence-corrected chi connectivity index (χ2v) is 11.0. The first kappa shape index (κ1) is 27.7. The molecule has 1 saturated heterocycles. The molecule has 0 unspecified atom stereocenters. The first-order valence-electron chi connectivity index (χ1n) is 13.5. The number of rotatable bonds is 9. The normalized spacial score (nSPS) is 25.7. The minimum atomic E-state index is -1.32. The Morgan fingerprint density at radius 1 is 1.22 bits per heavy atom. The van der Waals surface area contributed by atoms with Gasteiger partial charge in [0.15, 0.2) is 0 Å². The second kappa shape index (κ2) is 12.0. The number of hydrogen-bond acceptors (Lipinski definition) is 5. The van der Waals surface area contributed by atoms with Crippen LogP contribution in [0.3, 0.4) is 0 Å². The number of halogens is 1. The van der Waals surface area contributed by atoms with Crippen LogP contribution in [0, 0.1) is 24.6 Å². The number of benzene rings is 2. The van der Waals surface area contributed by atoms with Gasteiger partial charge in [0, 0.05) is 44.7 Å². The number of carbonyl (C=O) groups excluding carboxylic acids is 1. The predicted molar refractivity (Wildman–Crippen MR) is 142 cm³/mol. The molecule has 4 rings (SSSR count). The number of aliphatic hydroxyl groups excluding tert-OH is 1. The van der Waals surface area contributed by atoms with Gasteiger partial charge in [-0.15, -0.1) is 0 Å². The largest absolute Gasteiger partial charge is 0.391 e. The summed E-state index contributed by atoms with van der Waals surface area (Å²) in [4.78, 5) is 15.2. The average Bonchev–Trinajstić information content (AvgIpc) is 3.24. The molecule has 1 heterocycles. The lowest BCUT2D eigenvalue weighted by molar-refractivity contribution is -0.141. The number of likely N-dealkylation sites (tertiary alicyclic amines) is 1. The number of ether oxygens (including phenoxy) is 1. The number of methoxy groups -OCH3 is 1. The molecule has 0 bridgehead atoms. The summed E-state index contributed by atoms with van der Waals surface area (Å²) in [6.07, 6.45) is 3.63. The van der Waals surface area contributed by atoms with E-state index in [0.717, 1.165) is 36.0 Å². The predicted octanol–water partition coefficient (Wildman–Crippen LogP) is 4.14. The Morgan fingerprint density at radius 3 is 2.73 bits per heavy atom. The molecule has 2 fully saturated rings. The van der Waals surface area contributed by atoms with Crippen LogP contribution in [-0.2, 0) is 15.1 Å². The fourth-order valence-electron chi connectivity index (χ4n) is 6.21. The van der Waals surface area contributed by atoms with E-state index in [1.54, 1.807) is 13.2 Å². The maximum atomic E-state index is 14.7. The van der Waals surface area contributed by atoms with Gasteiger partial charge in [0.2, 0.25) is 5.91 Å². The van der Waals surface area contributed by atoms with E-state index < -0.39 is 11.7 Å². The van der Waals surface area contributed by atoms with Crippen molar-refractivity contribution < 1.29 is 24.1 Å². The first-order chi connectivity index (χ1) is 17.7. The van der Waals surface area contributed by atoms with Crippen molar-refractivity contribution in [3.8, 4) is 11.1 Å². The summed E-state index contributed by atoms with van der Waals surface area (Å²) in [5.41, 5.74) is 8.07. The topological polar surface area (TPSA) is 96.0 Å². The molecule has 4 N–H and O–H groups in total. The van der Waals surface area contributed by atoms with Gasteiger partial charge in [-0.1, -0.05) is 35.9 Å². The Balaban J connectivity index is 1.68. The summed E-state index contributed by atoms with van der Waals surface area (Å²) in [6.45, 7) is 3.61. The molecule has 1 saturated carbocycles. The molecule has 37 heavy (non-hydrogen) atoms. The lowest BCUT2D eigenvalue weighted by Crippen LogP contribution is -2.49. The minimum absolute atomic E-state index is 0.00316. The van der Waals surface area contributed by atoms with E-state index >= 15 is 0 Å². The van der Waals surface area contributed by atoms with Crippen molar-refractivity contribution in [3.63, 3.8) is 0 Å². The molecule has 0 radical (unpaired) electrons. The van der Waals surface area contributed by atoms with Gasteiger partial charge >= 0.3 is 0 Å². The number of piperidine rings is 1. The number of nitrogens with zero attached hydrogens (tertiary/aromatic N) is 1. The molecule has 202 valence electrons. The van der Waals surface area contributed by atoms with Crippen molar-refractivity contribution in [2.45, 2.75) is 69.6 Å². The van der Waals surface area contributed by atoms with Crippen molar-refractivity contribution in [1.29, 1.82) is 0 Å². The number of amides is 1. The van der Waals surface area contributed by atoms with Gasteiger partial charge in [-0.2, -0.15) is 0 Å². The maximum Gasteiger partial charge on any atom is 0.225 e. The standard InChI is InChI=1S/C30H41FN2O4/c1-20-7-5-8-21(15-20)25-11-10-24(31)18-26(25)30(36,12-3-4-14-37-2)23-9-6-13-33(19-23)29(35)22-16-27(32)28(34)17-22/h5,7-8,10-11,15,18,22-23,27-28,34,36H,3-4,6,9,12-14,16-17,19,32H2,1-2H3/t22-,23+,27+,28-,30-/m0/s1. The van der Waals surface area contributed by atoms with Crippen LogP contribution < -0.4 is 5.73 Å². The number of aliphatic hydroxyl groups is 2. The molecule has 7 heteroatoms. The van der Waals surface area contributed by atoms with E-state index in [0.29, 0.717) is 50.9 Å². The highest BCUT2D eigenvalue weighted by Crippen LogP contribution is 2.44. The van der Waals surface area contributed by atoms with Gasteiger partial charge in [-0.25, -0.2) is 4.39 Å². The van der Waals surface area contributed by atoms with Crippen molar-refractivity contribution in [3.05, 3.63) is 59.4 Å². The summed E-state index contributed by atoms with van der Waals surface area (Å²) in [5, 5.41) is 22.6. The summed E-state index contributed by atoms with van der Waals surface area (Å²) in [7, 11) is 1.66. The minimum Gasteiger partial charge on any atom is -0.391 e. The van der Waals surface area contributed by atoms with E-state index in [2.05, 4.69) is 0 Å². The number of aryl methyl sites for hydroxylation is 1. The van der Waals surface area contributed by atoms with Crippen molar-refractivity contribution in [1.82, 2.24) is 4.90 Å². The third-order valence-corrected chi connectivity index (χ3v) is 8.27. The Bertz CT molecular complexity index is 1070. The number of unbranched alkanes of at least 4 members (excludes halogenated alkanes) is 1. The molecule has 5 atom stereocenters. The third kappa shape index (κ3) is 6.23. The highest BCUT2D eigenvalue weighted by molar-refractivity contribution is 5.79. The molecular formula is C30H41FN2O4. The van der Waals surface area contributed by atoms with E-state index in [1.165, 1.54) is 12.1 Å².